The van der Waals surface area contributed by atoms with E-state index in [9.17, 15) is 0 Å². The predicted octanol–water partition coefficient (Wildman–Crippen LogP) is 4.08. The fourth-order valence-electron chi connectivity index (χ4n) is 2.00. The monoisotopic (exact) mass is 357 g/mol. The number of nitrogens with one attached hydrogen (secondary N) is 1. The summed E-state index contributed by atoms with van der Waals surface area (Å²) >= 11 is 9.37. The van der Waals surface area contributed by atoms with Crippen molar-refractivity contribution in [2.24, 2.45) is 0 Å². The third-order valence-electron chi connectivity index (χ3n) is 3.11. The first-order valence-corrected chi connectivity index (χ1v) is 7.76. The Balaban J connectivity index is 2.13. The first-order valence-electron chi connectivity index (χ1n) is 6.59. The summed E-state index contributed by atoms with van der Waals surface area (Å²) in [5.74, 6) is 1.24. The van der Waals surface area contributed by atoms with Gasteiger partial charge in [0, 0.05) is 22.5 Å². The highest BCUT2D eigenvalue weighted by atomic mass is 79.9. The molecule has 2 aromatic rings. The van der Waals surface area contributed by atoms with Crippen molar-refractivity contribution in [3.63, 3.8) is 0 Å². The molecule has 0 bridgehead atoms. The van der Waals surface area contributed by atoms with E-state index < -0.39 is 0 Å². The number of likely N-dealkylation sites (N-methyl/N-ethyl adjacent to an activating group) is 1. The molecule has 1 N–H and O–H groups in total. The van der Waals surface area contributed by atoms with Crippen LogP contribution in [0.1, 0.15) is 25.7 Å². The standard InChI is InChI=1S/C14H17BrClN3O/c1-3-4-10(17-2)8-13-18-14(19-20-13)9-5-6-12(16)11(15)7-9/h5-7,10,17H,3-4,8H2,1-2H3. The topological polar surface area (TPSA) is 51.0 Å². The van der Waals surface area contributed by atoms with Crippen LogP contribution in [0.15, 0.2) is 27.2 Å². The van der Waals surface area contributed by atoms with E-state index in [1.54, 1.807) is 0 Å². The van der Waals surface area contributed by atoms with E-state index in [1.165, 1.54) is 0 Å². The van der Waals surface area contributed by atoms with Gasteiger partial charge in [-0.25, -0.2) is 0 Å². The SMILES string of the molecule is CCCC(Cc1nc(-c2ccc(Cl)c(Br)c2)no1)NC. The van der Waals surface area contributed by atoms with E-state index >= 15 is 0 Å². The van der Waals surface area contributed by atoms with Gasteiger partial charge in [-0.1, -0.05) is 30.1 Å². The first-order chi connectivity index (χ1) is 9.63. The molecule has 1 heterocycles. The van der Waals surface area contributed by atoms with Crippen molar-refractivity contribution in [2.45, 2.75) is 32.2 Å². The number of aromatic nitrogens is 2. The summed E-state index contributed by atoms with van der Waals surface area (Å²) in [6.45, 7) is 2.16. The second-order valence-electron chi connectivity index (χ2n) is 4.62. The molecule has 0 saturated heterocycles. The molecule has 1 atom stereocenters. The Bertz CT molecular complexity index is 573. The molecule has 1 aromatic carbocycles. The van der Waals surface area contributed by atoms with Crippen LogP contribution in [0.25, 0.3) is 11.4 Å². The van der Waals surface area contributed by atoms with E-state index in [4.69, 9.17) is 16.1 Å². The van der Waals surface area contributed by atoms with E-state index in [1.807, 2.05) is 25.2 Å². The lowest BCUT2D eigenvalue weighted by atomic mass is 10.1. The third-order valence-corrected chi connectivity index (χ3v) is 4.33. The fourth-order valence-corrected chi connectivity index (χ4v) is 2.49. The van der Waals surface area contributed by atoms with E-state index in [0.29, 0.717) is 22.8 Å². The van der Waals surface area contributed by atoms with Crippen LogP contribution in [0.4, 0.5) is 0 Å². The summed E-state index contributed by atoms with van der Waals surface area (Å²) in [5, 5.41) is 7.95. The van der Waals surface area contributed by atoms with E-state index in [2.05, 4.69) is 38.3 Å². The fraction of sp³-hybridized carbons (Fsp3) is 0.429. The van der Waals surface area contributed by atoms with Crippen molar-refractivity contribution in [3.05, 3.63) is 33.6 Å². The molecule has 0 aliphatic heterocycles. The van der Waals surface area contributed by atoms with Gasteiger partial charge in [0.15, 0.2) is 0 Å². The summed E-state index contributed by atoms with van der Waals surface area (Å²) < 4.78 is 6.14. The molecule has 6 heteroatoms. The van der Waals surface area contributed by atoms with Crippen molar-refractivity contribution in [3.8, 4) is 11.4 Å². The smallest absolute Gasteiger partial charge is 0.228 e. The molecule has 0 aliphatic rings. The second-order valence-corrected chi connectivity index (χ2v) is 5.88. The lowest BCUT2D eigenvalue weighted by Crippen LogP contribution is -2.27. The summed E-state index contributed by atoms with van der Waals surface area (Å²) in [5.41, 5.74) is 0.882. The molecule has 0 radical (unpaired) electrons. The highest BCUT2D eigenvalue weighted by Crippen LogP contribution is 2.27. The molecule has 20 heavy (non-hydrogen) atoms. The molecule has 0 fully saturated rings. The number of benzene rings is 1. The van der Waals surface area contributed by atoms with Crippen LogP contribution >= 0.6 is 27.5 Å². The summed E-state index contributed by atoms with van der Waals surface area (Å²) in [7, 11) is 1.95. The zero-order valence-electron chi connectivity index (χ0n) is 11.5. The Labute approximate surface area is 132 Å². The number of hydrogen-bond acceptors (Lipinski definition) is 4. The van der Waals surface area contributed by atoms with Gasteiger partial charge >= 0.3 is 0 Å². The van der Waals surface area contributed by atoms with Gasteiger partial charge in [-0.05, 0) is 47.6 Å². The quantitative estimate of drug-likeness (QED) is 0.845. The summed E-state index contributed by atoms with van der Waals surface area (Å²) in [6.07, 6.45) is 2.95. The molecule has 1 aromatic heterocycles. The Morgan fingerprint density at radius 1 is 1.45 bits per heavy atom. The minimum absolute atomic E-state index is 0.366. The van der Waals surface area contributed by atoms with Crippen LogP contribution in [-0.4, -0.2) is 23.2 Å². The van der Waals surface area contributed by atoms with Crippen LogP contribution in [0.5, 0.6) is 0 Å². The van der Waals surface area contributed by atoms with Crippen LogP contribution < -0.4 is 5.32 Å². The second kappa shape index (κ2) is 7.20. The largest absolute Gasteiger partial charge is 0.339 e. The van der Waals surface area contributed by atoms with Crippen molar-refractivity contribution in [1.29, 1.82) is 0 Å². The maximum atomic E-state index is 5.98. The molecule has 0 spiro atoms. The average Bonchev–Trinajstić information content (AvgIpc) is 2.90. The van der Waals surface area contributed by atoms with E-state index in [0.717, 1.165) is 29.3 Å². The first kappa shape index (κ1) is 15.5. The van der Waals surface area contributed by atoms with Crippen molar-refractivity contribution in [2.75, 3.05) is 7.05 Å². The Hall–Kier alpha value is -0.910. The summed E-state index contributed by atoms with van der Waals surface area (Å²) in [4.78, 5) is 4.44. The van der Waals surface area contributed by atoms with Gasteiger partial charge in [-0.3, -0.25) is 0 Å². The van der Waals surface area contributed by atoms with Gasteiger partial charge in [-0.2, -0.15) is 4.98 Å². The Morgan fingerprint density at radius 2 is 2.25 bits per heavy atom. The average molecular weight is 359 g/mol. The highest BCUT2D eigenvalue weighted by molar-refractivity contribution is 9.10. The lowest BCUT2D eigenvalue weighted by Gasteiger charge is -2.11. The van der Waals surface area contributed by atoms with Gasteiger partial charge in [0.25, 0.3) is 0 Å². The van der Waals surface area contributed by atoms with Gasteiger partial charge < -0.3 is 9.84 Å². The van der Waals surface area contributed by atoms with Gasteiger partial charge in [0.05, 0.1) is 5.02 Å². The molecule has 4 nitrogen and oxygen atoms in total. The zero-order chi connectivity index (χ0) is 14.5. The Kier molecular flexibility index (Phi) is 5.57. The van der Waals surface area contributed by atoms with Crippen molar-refractivity contribution < 1.29 is 4.52 Å². The summed E-state index contributed by atoms with van der Waals surface area (Å²) in [6, 6.07) is 5.94. The maximum absolute atomic E-state index is 5.98. The molecule has 2 rings (SSSR count). The maximum Gasteiger partial charge on any atom is 0.228 e. The van der Waals surface area contributed by atoms with Gasteiger partial charge in [0.1, 0.15) is 0 Å². The van der Waals surface area contributed by atoms with Crippen molar-refractivity contribution >= 4 is 27.5 Å². The number of nitrogens with zero attached hydrogens (tertiary/aromatic N) is 2. The Morgan fingerprint density at radius 3 is 2.90 bits per heavy atom. The number of rotatable bonds is 6. The van der Waals surface area contributed by atoms with Crippen molar-refractivity contribution in [1.82, 2.24) is 15.5 Å². The lowest BCUT2D eigenvalue weighted by molar-refractivity contribution is 0.356. The van der Waals surface area contributed by atoms with E-state index in [-0.39, 0.29) is 0 Å². The minimum atomic E-state index is 0.366. The molecule has 1 unspecified atom stereocenters. The molecular weight excluding hydrogens is 342 g/mol. The van der Waals surface area contributed by atoms with Gasteiger partial charge in [-0.15, -0.1) is 0 Å². The molecule has 0 amide bonds. The van der Waals surface area contributed by atoms with Crippen LogP contribution in [0.2, 0.25) is 5.02 Å². The normalized spacial score (nSPS) is 12.6. The van der Waals surface area contributed by atoms with Crippen LogP contribution in [0.3, 0.4) is 0 Å². The molecule has 0 saturated carbocycles. The molecule has 108 valence electrons. The highest BCUT2D eigenvalue weighted by Gasteiger charge is 2.14. The van der Waals surface area contributed by atoms with Crippen LogP contribution in [-0.2, 0) is 6.42 Å². The molecule has 0 aliphatic carbocycles. The molecular formula is C14H17BrClN3O. The number of hydrogen-bond donors (Lipinski definition) is 1. The predicted molar refractivity (Wildman–Crippen MR) is 83.9 cm³/mol. The zero-order valence-corrected chi connectivity index (χ0v) is 13.8. The minimum Gasteiger partial charge on any atom is -0.339 e. The van der Waals surface area contributed by atoms with Crippen LogP contribution in [0, 0.1) is 0 Å². The third kappa shape index (κ3) is 3.81. The number of halogens is 2. The van der Waals surface area contributed by atoms with Gasteiger partial charge in [0.2, 0.25) is 11.7 Å².